The van der Waals surface area contributed by atoms with Crippen molar-refractivity contribution in [3.8, 4) is 23.7 Å². The van der Waals surface area contributed by atoms with Crippen LogP contribution in [0.1, 0.15) is 17.5 Å². The zero-order valence-corrected chi connectivity index (χ0v) is 14.6. The summed E-state index contributed by atoms with van der Waals surface area (Å²) in [5.74, 6) is 11.3. The lowest BCUT2D eigenvalue weighted by molar-refractivity contribution is -0.0511. The Morgan fingerprint density at radius 3 is 2.54 bits per heavy atom. The van der Waals surface area contributed by atoms with Gasteiger partial charge in [0.25, 0.3) is 0 Å². The van der Waals surface area contributed by atoms with E-state index in [2.05, 4.69) is 38.6 Å². The summed E-state index contributed by atoms with van der Waals surface area (Å²) in [6.45, 7) is -0.410. The van der Waals surface area contributed by atoms with Gasteiger partial charge in [0.05, 0.1) is 12.9 Å². The van der Waals surface area contributed by atoms with E-state index in [4.69, 9.17) is 4.74 Å². The van der Waals surface area contributed by atoms with E-state index in [1.165, 1.54) is 17.2 Å². The minimum atomic E-state index is -1.23. The molecule has 0 amide bonds. The number of imidazole rings is 1. The number of aromatic nitrogens is 4. The van der Waals surface area contributed by atoms with Crippen molar-refractivity contribution in [2.24, 2.45) is 0 Å². The number of hydrogen-bond acceptors (Lipinski definition) is 7. The molecule has 140 valence electrons. The second kappa shape index (κ2) is 7.77. The Balaban J connectivity index is 1.64. The average Bonchev–Trinajstić information content (AvgIpc) is 3.28. The highest BCUT2D eigenvalue weighted by molar-refractivity contribution is 5.76. The molecule has 0 spiro atoms. The van der Waals surface area contributed by atoms with Crippen molar-refractivity contribution in [3.63, 3.8) is 0 Å². The monoisotopic (exact) mass is 376 g/mol. The summed E-state index contributed by atoms with van der Waals surface area (Å²) in [7, 11) is 0. The molecule has 1 aliphatic rings. The van der Waals surface area contributed by atoms with Crippen LogP contribution in [0.15, 0.2) is 43.0 Å². The van der Waals surface area contributed by atoms with E-state index in [1.807, 2.05) is 30.3 Å². The fraction of sp³-hybridized carbons (Fsp3) is 0.250. The highest BCUT2D eigenvalue weighted by Gasteiger charge is 2.43. The molecule has 1 aromatic carbocycles. The Hall–Kier alpha value is -3.27. The standard InChI is InChI=1S/C20H16N4O4/c25-10-15-17(26)18(27)20(28-15)24-12-23-16-14(21-11-22-19(16)24)9-5-4-8-13-6-2-1-3-7-13/h1-3,6-7,11-12,15,17-18,20,25-27H,10H2/t15-,17-,18-,20-/m1/s1. The fourth-order valence-corrected chi connectivity index (χ4v) is 2.95. The van der Waals surface area contributed by atoms with Gasteiger partial charge in [-0.1, -0.05) is 24.1 Å². The molecule has 3 aromatic rings. The molecule has 28 heavy (non-hydrogen) atoms. The molecule has 1 aliphatic heterocycles. The average molecular weight is 376 g/mol. The first kappa shape index (κ1) is 18.1. The van der Waals surface area contributed by atoms with Crippen LogP contribution >= 0.6 is 0 Å². The molecule has 8 nitrogen and oxygen atoms in total. The van der Waals surface area contributed by atoms with E-state index in [-0.39, 0.29) is 0 Å². The van der Waals surface area contributed by atoms with Crippen LogP contribution in [0.4, 0.5) is 0 Å². The van der Waals surface area contributed by atoms with Crippen LogP contribution in [-0.4, -0.2) is 59.8 Å². The maximum Gasteiger partial charge on any atom is 0.166 e. The Morgan fingerprint density at radius 1 is 1.00 bits per heavy atom. The molecule has 8 heteroatoms. The van der Waals surface area contributed by atoms with Crippen LogP contribution in [0.2, 0.25) is 0 Å². The molecule has 4 atom stereocenters. The van der Waals surface area contributed by atoms with Crippen molar-refractivity contribution in [2.75, 3.05) is 6.61 Å². The molecule has 0 saturated carbocycles. The number of ether oxygens (including phenoxy) is 1. The number of benzene rings is 1. The SMILES string of the molecule is OC[C@H]1O[C@@H](n2cnc3c(C#CC#Cc4ccccc4)ncnc32)[C@H](O)[C@@H]1O. The third-order valence-electron chi connectivity index (χ3n) is 4.37. The van der Waals surface area contributed by atoms with Crippen molar-refractivity contribution in [1.29, 1.82) is 0 Å². The lowest BCUT2D eigenvalue weighted by Gasteiger charge is -2.16. The van der Waals surface area contributed by atoms with Gasteiger partial charge in [0.2, 0.25) is 0 Å². The molecule has 4 rings (SSSR count). The minimum Gasteiger partial charge on any atom is -0.394 e. The maximum absolute atomic E-state index is 10.2. The Bertz CT molecular complexity index is 1110. The van der Waals surface area contributed by atoms with E-state index in [9.17, 15) is 15.3 Å². The summed E-state index contributed by atoms with van der Waals surface area (Å²) in [5.41, 5.74) is 2.07. The molecular weight excluding hydrogens is 360 g/mol. The van der Waals surface area contributed by atoms with Gasteiger partial charge in [-0.2, -0.15) is 0 Å². The summed E-state index contributed by atoms with van der Waals surface area (Å²) in [6.07, 6.45) is -1.48. The van der Waals surface area contributed by atoms with E-state index in [0.29, 0.717) is 16.9 Å². The number of fused-ring (bicyclic) bond motifs is 1. The van der Waals surface area contributed by atoms with Gasteiger partial charge in [0.1, 0.15) is 35.8 Å². The number of rotatable bonds is 2. The molecular formula is C20H16N4O4. The first-order valence-corrected chi connectivity index (χ1v) is 8.56. The highest BCUT2D eigenvalue weighted by atomic mass is 16.6. The lowest BCUT2D eigenvalue weighted by atomic mass is 10.1. The Morgan fingerprint density at radius 2 is 1.79 bits per heavy atom. The van der Waals surface area contributed by atoms with Crippen LogP contribution in [0, 0.1) is 23.7 Å². The maximum atomic E-state index is 10.2. The van der Waals surface area contributed by atoms with Gasteiger partial charge < -0.3 is 20.1 Å². The number of nitrogens with zero attached hydrogens (tertiary/aromatic N) is 4. The van der Waals surface area contributed by atoms with Gasteiger partial charge >= 0.3 is 0 Å². The molecule has 0 unspecified atom stereocenters. The van der Waals surface area contributed by atoms with Crippen molar-refractivity contribution >= 4 is 11.2 Å². The van der Waals surface area contributed by atoms with E-state index < -0.39 is 31.1 Å². The van der Waals surface area contributed by atoms with E-state index in [1.54, 1.807) is 0 Å². The predicted octanol–water partition coefficient (Wildman–Crippen LogP) is -0.159. The predicted molar refractivity (Wildman–Crippen MR) is 98.5 cm³/mol. The first-order chi connectivity index (χ1) is 13.7. The number of aliphatic hydroxyl groups is 3. The van der Waals surface area contributed by atoms with Gasteiger partial charge in [-0.15, -0.1) is 0 Å². The molecule has 2 aromatic heterocycles. The first-order valence-electron chi connectivity index (χ1n) is 8.56. The normalized spacial score (nSPS) is 23.7. The Kier molecular flexibility index (Phi) is 5.02. The highest BCUT2D eigenvalue weighted by Crippen LogP contribution is 2.31. The van der Waals surface area contributed by atoms with E-state index in [0.717, 1.165) is 5.56 Å². The number of hydrogen-bond donors (Lipinski definition) is 3. The van der Waals surface area contributed by atoms with Crippen LogP contribution in [0.3, 0.4) is 0 Å². The summed E-state index contributed by atoms with van der Waals surface area (Å²) < 4.78 is 7.02. The molecule has 1 saturated heterocycles. The topological polar surface area (TPSA) is 114 Å². The van der Waals surface area contributed by atoms with Crippen LogP contribution < -0.4 is 0 Å². The third-order valence-corrected chi connectivity index (χ3v) is 4.37. The van der Waals surface area contributed by atoms with Gasteiger partial charge in [-0.25, -0.2) is 15.0 Å². The molecule has 3 N–H and O–H groups in total. The summed E-state index contributed by atoms with van der Waals surface area (Å²) in [6, 6.07) is 9.49. The second-order valence-electron chi connectivity index (χ2n) is 6.14. The van der Waals surface area contributed by atoms with Crippen molar-refractivity contribution in [1.82, 2.24) is 19.5 Å². The largest absolute Gasteiger partial charge is 0.394 e. The van der Waals surface area contributed by atoms with Crippen molar-refractivity contribution < 1.29 is 20.1 Å². The molecule has 1 fully saturated rings. The fourth-order valence-electron chi connectivity index (χ4n) is 2.95. The van der Waals surface area contributed by atoms with Gasteiger partial charge in [-0.3, -0.25) is 4.57 Å². The zero-order chi connectivity index (χ0) is 19.5. The van der Waals surface area contributed by atoms with Gasteiger partial charge in [0, 0.05) is 5.56 Å². The Labute approximate surface area is 160 Å². The minimum absolute atomic E-state index is 0.387. The zero-order valence-electron chi connectivity index (χ0n) is 14.6. The van der Waals surface area contributed by atoms with E-state index >= 15 is 0 Å². The lowest BCUT2D eigenvalue weighted by Crippen LogP contribution is -2.33. The van der Waals surface area contributed by atoms with Crippen LogP contribution in [0.25, 0.3) is 11.2 Å². The quantitative estimate of drug-likeness (QED) is 0.533. The van der Waals surface area contributed by atoms with Crippen molar-refractivity contribution in [3.05, 3.63) is 54.2 Å². The number of aliphatic hydroxyl groups excluding tert-OH is 3. The molecule has 0 bridgehead atoms. The second-order valence-corrected chi connectivity index (χ2v) is 6.14. The smallest absolute Gasteiger partial charge is 0.166 e. The molecule has 0 aliphatic carbocycles. The third kappa shape index (κ3) is 3.33. The molecule has 3 heterocycles. The van der Waals surface area contributed by atoms with Crippen LogP contribution in [-0.2, 0) is 4.74 Å². The summed E-state index contributed by atoms with van der Waals surface area (Å²) in [4.78, 5) is 12.6. The van der Waals surface area contributed by atoms with Gasteiger partial charge in [-0.05, 0) is 29.9 Å². The van der Waals surface area contributed by atoms with Crippen molar-refractivity contribution in [2.45, 2.75) is 24.5 Å². The summed E-state index contributed by atoms with van der Waals surface area (Å²) >= 11 is 0. The van der Waals surface area contributed by atoms with Gasteiger partial charge in [0.15, 0.2) is 11.9 Å². The summed E-state index contributed by atoms with van der Waals surface area (Å²) in [5, 5.41) is 29.4. The molecule has 0 radical (unpaired) electrons. The van der Waals surface area contributed by atoms with Crippen LogP contribution in [0.5, 0.6) is 0 Å².